The summed E-state index contributed by atoms with van der Waals surface area (Å²) < 4.78 is 36.4. The molecule has 3 nitrogen and oxygen atoms in total. The highest BCUT2D eigenvalue weighted by Crippen LogP contribution is 2.17. The normalized spacial score (nSPS) is 17.7. The number of amides is 1. The van der Waals surface area contributed by atoms with Crippen molar-refractivity contribution in [2.75, 3.05) is 19.6 Å². The van der Waals surface area contributed by atoms with Gasteiger partial charge in [-0.1, -0.05) is 24.3 Å². The third-order valence-electron chi connectivity index (χ3n) is 3.85. The smallest absolute Gasteiger partial charge is 0.346 e. The van der Waals surface area contributed by atoms with E-state index in [0.717, 1.165) is 12.8 Å². The Balaban J connectivity index is 1.92. The van der Waals surface area contributed by atoms with Gasteiger partial charge in [-0.3, -0.25) is 9.69 Å². The minimum absolute atomic E-state index is 0.554. The fourth-order valence-electron chi connectivity index (χ4n) is 2.57. The number of halogens is 3. The molecule has 0 unspecified atom stereocenters. The summed E-state index contributed by atoms with van der Waals surface area (Å²) in [4.78, 5) is 13.8. The van der Waals surface area contributed by atoms with Crippen LogP contribution >= 0.6 is 0 Å². The van der Waals surface area contributed by atoms with Crippen molar-refractivity contribution in [3.05, 3.63) is 35.4 Å². The van der Waals surface area contributed by atoms with Crippen LogP contribution in [0.15, 0.2) is 24.3 Å². The molecule has 1 aromatic carbocycles. The number of rotatable bonds is 3. The van der Waals surface area contributed by atoms with Crippen LogP contribution in [0.4, 0.5) is 13.2 Å². The molecule has 1 N–H and O–H groups in total. The Morgan fingerprint density at radius 1 is 1.24 bits per heavy atom. The molecule has 0 aromatic heterocycles. The molecule has 1 atom stereocenters. The number of hydrogen-bond donors (Lipinski definition) is 1. The lowest BCUT2D eigenvalue weighted by Crippen LogP contribution is -2.48. The maximum absolute atomic E-state index is 12.1. The molecular formula is C15H19F3N2O. The van der Waals surface area contributed by atoms with Crippen LogP contribution in [-0.2, 0) is 17.6 Å². The molecule has 116 valence electrons. The summed E-state index contributed by atoms with van der Waals surface area (Å²) in [6.45, 7) is 1.74. The number of alkyl halides is 3. The second-order valence-electron chi connectivity index (χ2n) is 5.31. The molecule has 1 aromatic rings. The van der Waals surface area contributed by atoms with Gasteiger partial charge in [0.15, 0.2) is 0 Å². The van der Waals surface area contributed by atoms with Gasteiger partial charge in [0.05, 0.1) is 6.04 Å². The molecule has 1 aliphatic rings. The Bertz CT molecular complexity index is 475. The fourth-order valence-corrected chi connectivity index (χ4v) is 2.57. The number of carbonyl (C=O) groups excluding carboxylic acids is 1. The van der Waals surface area contributed by atoms with E-state index in [-0.39, 0.29) is 0 Å². The average molecular weight is 300 g/mol. The number of fused-ring (bicyclic) bond motifs is 1. The summed E-state index contributed by atoms with van der Waals surface area (Å²) in [7, 11) is 0. The summed E-state index contributed by atoms with van der Waals surface area (Å²) in [6, 6.07) is 7.53. The fraction of sp³-hybridized carbons (Fsp3) is 0.533. The SMILES string of the molecule is C[C@@H](C(=O)NCC(F)(F)F)N1CCc2ccccc2CC1. The number of hydrogen-bond acceptors (Lipinski definition) is 2. The summed E-state index contributed by atoms with van der Waals surface area (Å²) in [5, 5.41) is 1.96. The van der Waals surface area contributed by atoms with E-state index in [0.29, 0.717) is 13.1 Å². The monoisotopic (exact) mass is 300 g/mol. The Morgan fingerprint density at radius 2 is 1.76 bits per heavy atom. The van der Waals surface area contributed by atoms with Crippen LogP contribution < -0.4 is 5.32 Å². The zero-order valence-electron chi connectivity index (χ0n) is 11.9. The molecule has 1 amide bonds. The lowest BCUT2D eigenvalue weighted by Gasteiger charge is -2.26. The first kappa shape index (κ1) is 15.8. The van der Waals surface area contributed by atoms with Crippen LogP contribution in [0.2, 0.25) is 0 Å². The van der Waals surface area contributed by atoms with Gasteiger partial charge in [-0.2, -0.15) is 13.2 Å². The van der Waals surface area contributed by atoms with Gasteiger partial charge in [0.1, 0.15) is 6.54 Å². The molecule has 0 radical (unpaired) electrons. The van der Waals surface area contributed by atoms with Gasteiger partial charge < -0.3 is 5.32 Å². The Morgan fingerprint density at radius 3 is 2.24 bits per heavy atom. The Hall–Kier alpha value is -1.56. The van der Waals surface area contributed by atoms with Crippen LogP contribution in [0.5, 0.6) is 0 Å². The predicted octanol–water partition coefficient (Wildman–Crippen LogP) is 2.15. The van der Waals surface area contributed by atoms with Crippen LogP contribution in [0.1, 0.15) is 18.1 Å². The van der Waals surface area contributed by atoms with Crippen molar-refractivity contribution in [2.45, 2.75) is 32.0 Å². The minimum atomic E-state index is -4.37. The summed E-state index contributed by atoms with van der Waals surface area (Å²) in [5.41, 5.74) is 2.51. The van der Waals surface area contributed by atoms with Crippen LogP contribution in [0, 0.1) is 0 Å². The molecule has 1 heterocycles. The summed E-state index contributed by atoms with van der Waals surface area (Å²) in [6.07, 6.45) is -2.75. The highest BCUT2D eigenvalue weighted by molar-refractivity contribution is 5.81. The summed E-state index contributed by atoms with van der Waals surface area (Å²) in [5.74, 6) is -0.571. The van der Waals surface area contributed by atoms with Crippen LogP contribution in [-0.4, -0.2) is 42.7 Å². The molecule has 0 bridgehead atoms. The third kappa shape index (κ3) is 4.46. The van der Waals surface area contributed by atoms with E-state index in [1.807, 2.05) is 22.3 Å². The van der Waals surface area contributed by atoms with Crippen LogP contribution in [0.25, 0.3) is 0 Å². The molecule has 6 heteroatoms. The molecular weight excluding hydrogens is 281 g/mol. The van der Waals surface area contributed by atoms with E-state index >= 15 is 0 Å². The van der Waals surface area contributed by atoms with Crippen molar-refractivity contribution in [1.29, 1.82) is 0 Å². The maximum Gasteiger partial charge on any atom is 0.405 e. The van der Waals surface area contributed by atoms with E-state index in [1.165, 1.54) is 11.1 Å². The van der Waals surface area contributed by atoms with E-state index in [1.54, 1.807) is 6.92 Å². The lowest BCUT2D eigenvalue weighted by atomic mass is 10.0. The van der Waals surface area contributed by atoms with Gasteiger partial charge in [-0.25, -0.2) is 0 Å². The maximum atomic E-state index is 12.1. The molecule has 0 spiro atoms. The van der Waals surface area contributed by atoms with E-state index < -0.39 is 24.7 Å². The van der Waals surface area contributed by atoms with Crippen molar-refractivity contribution in [3.63, 3.8) is 0 Å². The molecule has 0 saturated carbocycles. The molecule has 2 rings (SSSR count). The van der Waals surface area contributed by atoms with Crippen molar-refractivity contribution >= 4 is 5.91 Å². The molecule has 0 aliphatic carbocycles. The highest BCUT2D eigenvalue weighted by Gasteiger charge is 2.30. The van der Waals surface area contributed by atoms with Gasteiger partial charge in [-0.05, 0) is 30.9 Å². The topological polar surface area (TPSA) is 32.3 Å². The van der Waals surface area contributed by atoms with E-state index in [9.17, 15) is 18.0 Å². The highest BCUT2D eigenvalue weighted by atomic mass is 19.4. The molecule has 0 fully saturated rings. The standard InChI is InChI=1S/C15H19F3N2O/c1-11(14(21)19-10-15(16,17)18)20-8-6-12-4-2-3-5-13(12)7-9-20/h2-5,11H,6-10H2,1H3,(H,19,21)/t11-/m0/s1. The van der Waals surface area contributed by atoms with Gasteiger partial charge in [-0.15, -0.1) is 0 Å². The van der Waals surface area contributed by atoms with Crippen molar-refractivity contribution in [2.24, 2.45) is 0 Å². The van der Waals surface area contributed by atoms with E-state index in [2.05, 4.69) is 12.1 Å². The first-order valence-corrected chi connectivity index (χ1v) is 7.02. The second kappa shape index (κ2) is 6.47. The quantitative estimate of drug-likeness (QED) is 0.928. The molecule has 21 heavy (non-hydrogen) atoms. The van der Waals surface area contributed by atoms with E-state index in [4.69, 9.17) is 0 Å². The average Bonchev–Trinajstić information content (AvgIpc) is 2.65. The van der Waals surface area contributed by atoms with Crippen LogP contribution in [0.3, 0.4) is 0 Å². The second-order valence-corrected chi connectivity index (χ2v) is 5.31. The molecule has 0 saturated heterocycles. The minimum Gasteiger partial charge on any atom is -0.346 e. The number of nitrogens with one attached hydrogen (secondary N) is 1. The zero-order chi connectivity index (χ0) is 15.5. The number of carbonyl (C=O) groups is 1. The van der Waals surface area contributed by atoms with Gasteiger partial charge in [0.2, 0.25) is 5.91 Å². The largest absolute Gasteiger partial charge is 0.405 e. The van der Waals surface area contributed by atoms with Crippen molar-refractivity contribution in [1.82, 2.24) is 10.2 Å². The van der Waals surface area contributed by atoms with Gasteiger partial charge >= 0.3 is 6.18 Å². The third-order valence-corrected chi connectivity index (χ3v) is 3.85. The first-order chi connectivity index (χ1) is 9.87. The zero-order valence-corrected chi connectivity index (χ0v) is 11.9. The Kier molecular flexibility index (Phi) is 4.88. The lowest BCUT2D eigenvalue weighted by molar-refractivity contribution is -0.141. The van der Waals surface area contributed by atoms with Crippen molar-refractivity contribution in [3.8, 4) is 0 Å². The first-order valence-electron chi connectivity index (χ1n) is 7.02. The predicted molar refractivity (Wildman–Crippen MR) is 73.9 cm³/mol. The van der Waals surface area contributed by atoms with Crippen molar-refractivity contribution < 1.29 is 18.0 Å². The number of benzene rings is 1. The summed E-state index contributed by atoms with van der Waals surface area (Å²) >= 11 is 0. The van der Waals surface area contributed by atoms with Gasteiger partial charge in [0, 0.05) is 13.1 Å². The number of nitrogens with zero attached hydrogens (tertiary/aromatic N) is 1. The van der Waals surface area contributed by atoms with Gasteiger partial charge in [0.25, 0.3) is 0 Å². The Labute approximate surface area is 122 Å². The molecule has 1 aliphatic heterocycles.